The van der Waals surface area contributed by atoms with Gasteiger partial charge in [0.2, 0.25) is 0 Å². The predicted octanol–water partition coefficient (Wildman–Crippen LogP) is 1.81. The number of ketones is 1. The largest absolute Gasteiger partial charge is 0.318 e. The third-order valence-electron chi connectivity index (χ3n) is 2.36. The maximum absolute atomic E-state index is 11.7. The zero-order chi connectivity index (χ0) is 11.0. The number of pyridine rings is 1. The molecule has 78 valence electrons. The summed E-state index contributed by atoms with van der Waals surface area (Å²) in [6.07, 6.45) is 3.31. The lowest BCUT2D eigenvalue weighted by molar-refractivity contribution is 0.0939. The number of hydrogen-bond donors (Lipinski definition) is 0. The lowest BCUT2D eigenvalue weighted by Crippen LogP contribution is -2.07. The molecule has 2 aromatic rings. The van der Waals surface area contributed by atoms with Crippen LogP contribution in [0.3, 0.4) is 0 Å². The van der Waals surface area contributed by atoms with Crippen LogP contribution in [-0.4, -0.2) is 20.3 Å². The van der Waals surface area contributed by atoms with E-state index in [0.29, 0.717) is 5.56 Å². The van der Waals surface area contributed by atoms with Crippen molar-refractivity contribution < 1.29 is 4.79 Å². The van der Waals surface area contributed by atoms with Crippen LogP contribution in [0, 0.1) is 5.92 Å². The zero-order valence-corrected chi connectivity index (χ0v) is 9.06. The Hall–Kier alpha value is -1.71. The maximum atomic E-state index is 11.7. The minimum absolute atomic E-state index is 0.00652. The summed E-state index contributed by atoms with van der Waals surface area (Å²) in [5.41, 5.74) is 2.20. The Morgan fingerprint density at radius 3 is 2.80 bits per heavy atom. The molecule has 4 heteroatoms. The molecular weight excluding hydrogens is 190 g/mol. The summed E-state index contributed by atoms with van der Waals surface area (Å²) >= 11 is 0. The molecule has 0 amide bonds. The molecule has 0 N–H and O–H groups in total. The van der Waals surface area contributed by atoms with Gasteiger partial charge in [-0.2, -0.15) is 0 Å². The van der Waals surface area contributed by atoms with Crippen LogP contribution in [0.4, 0.5) is 0 Å². The molecule has 4 nitrogen and oxygen atoms in total. The average molecular weight is 203 g/mol. The van der Waals surface area contributed by atoms with Crippen LogP contribution in [0.15, 0.2) is 18.6 Å². The Balaban J connectivity index is 2.52. The molecule has 0 aliphatic rings. The van der Waals surface area contributed by atoms with Crippen molar-refractivity contribution in [1.29, 1.82) is 0 Å². The van der Waals surface area contributed by atoms with Crippen molar-refractivity contribution in [2.24, 2.45) is 13.0 Å². The molecule has 2 aromatic heterocycles. The summed E-state index contributed by atoms with van der Waals surface area (Å²) in [4.78, 5) is 20.1. The van der Waals surface area contributed by atoms with Gasteiger partial charge in [0, 0.05) is 24.7 Å². The number of fused-ring (bicyclic) bond motifs is 1. The summed E-state index contributed by atoms with van der Waals surface area (Å²) in [7, 11) is 1.88. The summed E-state index contributed by atoms with van der Waals surface area (Å²) in [5, 5.41) is 0. The lowest BCUT2D eigenvalue weighted by Gasteiger charge is -2.03. The number of carbonyl (C=O) groups is 1. The van der Waals surface area contributed by atoms with Gasteiger partial charge in [0.25, 0.3) is 0 Å². The topological polar surface area (TPSA) is 47.8 Å². The van der Waals surface area contributed by atoms with Crippen LogP contribution in [0.5, 0.6) is 0 Å². The molecule has 0 unspecified atom stereocenters. The first-order valence-electron chi connectivity index (χ1n) is 4.91. The number of rotatable bonds is 2. The Kier molecular flexibility index (Phi) is 2.26. The van der Waals surface area contributed by atoms with Crippen LogP contribution in [0.2, 0.25) is 0 Å². The van der Waals surface area contributed by atoms with Gasteiger partial charge in [-0.1, -0.05) is 13.8 Å². The quantitative estimate of drug-likeness (QED) is 0.699. The summed E-state index contributed by atoms with van der Waals surface area (Å²) in [6.45, 7) is 3.76. The van der Waals surface area contributed by atoms with Crippen LogP contribution in [0.25, 0.3) is 11.2 Å². The van der Waals surface area contributed by atoms with Gasteiger partial charge in [-0.05, 0) is 6.07 Å². The van der Waals surface area contributed by atoms with Crippen molar-refractivity contribution in [3.05, 3.63) is 24.2 Å². The van der Waals surface area contributed by atoms with E-state index in [2.05, 4.69) is 9.97 Å². The molecule has 0 aliphatic heterocycles. The van der Waals surface area contributed by atoms with Crippen LogP contribution in [0.1, 0.15) is 24.2 Å². The molecule has 0 fully saturated rings. The molecule has 0 spiro atoms. The molecule has 0 saturated heterocycles. The van der Waals surface area contributed by atoms with Crippen molar-refractivity contribution in [3.63, 3.8) is 0 Å². The van der Waals surface area contributed by atoms with Crippen molar-refractivity contribution in [2.75, 3.05) is 0 Å². The molecule has 15 heavy (non-hydrogen) atoms. The molecule has 0 bridgehead atoms. The van der Waals surface area contributed by atoms with Gasteiger partial charge in [-0.3, -0.25) is 4.79 Å². The highest BCUT2D eigenvalue weighted by molar-refractivity contribution is 5.99. The molecule has 0 aromatic carbocycles. The number of Topliss-reactive ketones (excluding diaryl/α,β-unsaturated/α-hetero) is 1. The van der Waals surface area contributed by atoms with Gasteiger partial charge < -0.3 is 4.57 Å². The number of hydrogen-bond acceptors (Lipinski definition) is 3. The van der Waals surface area contributed by atoms with Gasteiger partial charge in [0.1, 0.15) is 5.52 Å². The number of carbonyl (C=O) groups excluding carboxylic acids is 1. The molecule has 0 atom stereocenters. The zero-order valence-electron chi connectivity index (χ0n) is 9.06. The van der Waals surface area contributed by atoms with Crippen LogP contribution < -0.4 is 0 Å². The smallest absolute Gasteiger partial charge is 0.167 e. The fourth-order valence-electron chi connectivity index (χ4n) is 1.48. The molecule has 0 radical (unpaired) electrons. The van der Waals surface area contributed by atoms with Gasteiger partial charge >= 0.3 is 0 Å². The number of nitrogens with zero attached hydrogens (tertiary/aromatic N) is 3. The minimum atomic E-state index is -0.00652. The van der Waals surface area contributed by atoms with Crippen LogP contribution >= 0.6 is 0 Å². The molecule has 0 aliphatic carbocycles. The van der Waals surface area contributed by atoms with Crippen molar-refractivity contribution >= 4 is 16.9 Å². The van der Waals surface area contributed by atoms with Gasteiger partial charge in [0.05, 0.1) is 6.33 Å². The molecule has 2 rings (SSSR count). The van der Waals surface area contributed by atoms with E-state index in [-0.39, 0.29) is 11.7 Å². The first-order valence-corrected chi connectivity index (χ1v) is 4.91. The highest BCUT2D eigenvalue weighted by Gasteiger charge is 2.12. The summed E-state index contributed by atoms with van der Waals surface area (Å²) < 4.78 is 1.83. The van der Waals surface area contributed by atoms with E-state index in [9.17, 15) is 4.79 Å². The van der Waals surface area contributed by atoms with E-state index >= 15 is 0 Å². The normalized spacial score (nSPS) is 11.2. The Bertz CT molecular complexity index is 514. The summed E-state index contributed by atoms with van der Waals surface area (Å²) in [6, 6.07) is 1.80. The van der Waals surface area contributed by atoms with E-state index in [1.54, 1.807) is 18.6 Å². The van der Waals surface area contributed by atoms with Crippen LogP contribution in [-0.2, 0) is 7.05 Å². The predicted molar refractivity (Wildman–Crippen MR) is 57.7 cm³/mol. The molecule has 2 heterocycles. The fourth-order valence-corrected chi connectivity index (χ4v) is 1.48. The van der Waals surface area contributed by atoms with E-state index in [1.165, 1.54) is 0 Å². The minimum Gasteiger partial charge on any atom is -0.318 e. The van der Waals surface area contributed by atoms with Gasteiger partial charge in [0.15, 0.2) is 11.4 Å². The highest BCUT2D eigenvalue weighted by atomic mass is 16.1. The average Bonchev–Trinajstić information content (AvgIpc) is 2.59. The number of aryl methyl sites for hydroxylation is 1. The second-order valence-corrected chi connectivity index (χ2v) is 3.94. The van der Waals surface area contributed by atoms with Crippen molar-refractivity contribution in [1.82, 2.24) is 14.5 Å². The third-order valence-corrected chi connectivity index (χ3v) is 2.36. The van der Waals surface area contributed by atoms with Crippen molar-refractivity contribution in [2.45, 2.75) is 13.8 Å². The first kappa shape index (κ1) is 9.83. The highest BCUT2D eigenvalue weighted by Crippen LogP contribution is 2.13. The molecule has 0 saturated carbocycles. The van der Waals surface area contributed by atoms with E-state index in [1.807, 2.05) is 25.5 Å². The number of imidazole rings is 1. The Morgan fingerprint density at radius 2 is 2.13 bits per heavy atom. The standard InChI is InChI=1S/C11H13N3O/c1-7(2)10(15)8-4-9-11(12-5-8)14(3)6-13-9/h4-7H,1-3H3. The van der Waals surface area contributed by atoms with Gasteiger partial charge in [-0.15, -0.1) is 0 Å². The Morgan fingerprint density at radius 1 is 1.40 bits per heavy atom. The summed E-state index contributed by atoms with van der Waals surface area (Å²) in [5.74, 6) is 0.100. The van der Waals surface area contributed by atoms with E-state index < -0.39 is 0 Å². The SMILES string of the molecule is CC(C)C(=O)c1cnc2c(c1)ncn2C. The fraction of sp³-hybridized carbons (Fsp3) is 0.364. The Labute approximate surface area is 88.0 Å². The number of aromatic nitrogens is 3. The monoisotopic (exact) mass is 203 g/mol. The third kappa shape index (κ3) is 1.63. The van der Waals surface area contributed by atoms with Crippen molar-refractivity contribution in [3.8, 4) is 0 Å². The van der Waals surface area contributed by atoms with Gasteiger partial charge in [-0.25, -0.2) is 9.97 Å². The second kappa shape index (κ2) is 3.46. The maximum Gasteiger partial charge on any atom is 0.167 e. The lowest BCUT2D eigenvalue weighted by atomic mass is 10.0. The first-order chi connectivity index (χ1) is 7.09. The van der Waals surface area contributed by atoms with E-state index in [4.69, 9.17) is 0 Å². The molecular formula is C11H13N3O. The second-order valence-electron chi connectivity index (χ2n) is 3.94. The van der Waals surface area contributed by atoms with E-state index in [0.717, 1.165) is 11.2 Å².